The first-order valence-corrected chi connectivity index (χ1v) is 9.68. The third-order valence-electron chi connectivity index (χ3n) is 4.49. The zero-order valence-corrected chi connectivity index (χ0v) is 18.9. The number of aryl methyl sites for hydroxylation is 1. The van der Waals surface area contributed by atoms with Gasteiger partial charge in [0.25, 0.3) is 5.60 Å². The third kappa shape index (κ3) is 6.94. The molecule has 0 aliphatic heterocycles. The van der Waals surface area contributed by atoms with E-state index < -0.39 is 72.3 Å². The van der Waals surface area contributed by atoms with Crippen molar-refractivity contribution in [1.29, 1.82) is 0 Å². The highest BCUT2D eigenvalue weighted by Gasteiger charge is 2.66. The number of esters is 2. The fourth-order valence-corrected chi connectivity index (χ4v) is 2.72. The van der Waals surface area contributed by atoms with E-state index in [0.717, 1.165) is 19.2 Å². The lowest BCUT2D eigenvalue weighted by molar-refractivity contribution is -0.305. The highest BCUT2D eigenvalue weighted by Crippen LogP contribution is 2.41. The fourth-order valence-electron chi connectivity index (χ4n) is 2.72. The van der Waals surface area contributed by atoms with E-state index in [0.29, 0.717) is 25.3 Å². The molecule has 3 N–H and O–H groups in total. The molecule has 0 aromatic heterocycles. The van der Waals surface area contributed by atoms with Crippen molar-refractivity contribution < 1.29 is 73.2 Å². The molecule has 0 spiro atoms. The summed E-state index contributed by atoms with van der Waals surface area (Å²) in [5.41, 5.74) is -10.8. The maximum absolute atomic E-state index is 13.7. The Morgan fingerprint density at radius 3 is 1.92 bits per heavy atom. The molecule has 0 aliphatic carbocycles. The number of amides is 2. The number of carbonyl (C=O) groups excluding carboxylic acids is 3. The summed E-state index contributed by atoms with van der Waals surface area (Å²) in [4.78, 5) is 35.9. The molecule has 0 aliphatic rings. The van der Waals surface area contributed by atoms with E-state index in [1.165, 1.54) is 0 Å². The third-order valence-corrected chi connectivity index (χ3v) is 4.49. The minimum absolute atomic E-state index is 0.371. The number of alkyl halides is 9. The molecule has 0 unspecified atom stereocenters. The van der Waals surface area contributed by atoms with Gasteiger partial charge >= 0.3 is 42.2 Å². The topological polar surface area (TPSA) is 123 Å². The number of hydrogen-bond donors (Lipinski definition) is 3. The summed E-state index contributed by atoms with van der Waals surface area (Å²) in [5, 5.41) is 12.6. The first-order valence-electron chi connectivity index (χ1n) is 9.68. The molecule has 0 fully saturated rings. The molecule has 9 nitrogen and oxygen atoms in total. The van der Waals surface area contributed by atoms with Crippen molar-refractivity contribution in [1.82, 2.24) is 5.32 Å². The van der Waals surface area contributed by atoms with Gasteiger partial charge in [-0.1, -0.05) is 12.1 Å². The van der Waals surface area contributed by atoms with E-state index >= 15 is 0 Å². The summed E-state index contributed by atoms with van der Waals surface area (Å²) in [5.74, 6) is -4.56. The predicted octanol–water partition coefficient (Wildman–Crippen LogP) is 3.44. The summed E-state index contributed by atoms with van der Waals surface area (Å²) in [7, 11) is 0.559. The van der Waals surface area contributed by atoms with Gasteiger partial charge in [0.1, 0.15) is 6.61 Å². The number of rotatable bonds is 8. The highest BCUT2D eigenvalue weighted by molar-refractivity contribution is 5.95. The van der Waals surface area contributed by atoms with E-state index in [-0.39, 0.29) is 5.56 Å². The first-order chi connectivity index (χ1) is 16.7. The van der Waals surface area contributed by atoms with Crippen LogP contribution in [0.15, 0.2) is 18.2 Å². The predicted molar refractivity (Wildman–Crippen MR) is 103 cm³/mol. The van der Waals surface area contributed by atoms with Crippen LogP contribution in [0.4, 0.5) is 50.0 Å². The molecule has 0 bridgehead atoms. The van der Waals surface area contributed by atoms with Gasteiger partial charge in [0.05, 0.1) is 13.7 Å². The molecule has 210 valence electrons. The van der Waals surface area contributed by atoms with Gasteiger partial charge in [0.2, 0.25) is 0 Å². The Bertz CT molecular complexity index is 1010. The number of hydrogen-bond acceptors (Lipinski definition) is 7. The second-order valence-corrected chi connectivity index (χ2v) is 7.11. The van der Waals surface area contributed by atoms with Crippen LogP contribution in [-0.4, -0.2) is 67.7 Å². The summed E-state index contributed by atoms with van der Waals surface area (Å²) in [6.45, 7) is -1.37. The van der Waals surface area contributed by atoms with Crippen molar-refractivity contribution in [3.8, 4) is 0 Å². The number of urea groups is 1. The zero-order chi connectivity index (χ0) is 29.0. The molecular weight excluding hydrogens is 539 g/mol. The van der Waals surface area contributed by atoms with Gasteiger partial charge in [-0.2, -0.15) is 39.5 Å². The molecule has 2 atom stereocenters. The van der Waals surface area contributed by atoms with Gasteiger partial charge < -0.3 is 24.6 Å². The van der Waals surface area contributed by atoms with E-state index in [2.05, 4.69) is 14.2 Å². The van der Waals surface area contributed by atoms with E-state index in [4.69, 9.17) is 0 Å². The standard InChI is InChI=1S/C19H19F9N2O7/c1-4-36-13(32)17(19(26,27)28,37-8-15(20,21)22)30-14(33)29-11-6-5-10(7-9(11)2)16(34,12(31)35-3)18(23,24)25/h5-7,34H,4,8H2,1-3H3,(H2,29,30,33)/t16-,17-/m1/s1. The number of ether oxygens (including phenoxy) is 3. The molecule has 37 heavy (non-hydrogen) atoms. The minimum Gasteiger partial charge on any atom is -0.466 e. The number of benzene rings is 1. The Labute approximate surface area is 201 Å². The van der Waals surface area contributed by atoms with Crippen LogP contribution in [0.3, 0.4) is 0 Å². The van der Waals surface area contributed by atoms with E-state index in [1.807, 2.05) is 0 Å². The van der Waals surface area contributed by atoms with E-state index in [1.54, 1.807) is 5.32 Å². The van der Waals surface area contributed by atoms with Crippen LogP contribution in [0.1, 0.15) is 18.1 Å². The molecule has 1 aromatic carbocycles. The van der Waals surface area contributed by atoms with Gasteiger partial charge in [-0.25, -0.2) is 14.4 Å². The molecule has 0 saturated heterocycles. The molecule has 0 saturated carbocycles. The van der Waals surface area contributed by atoms with Crippen molar-refractivity contribution in [3.05, 3.63) is 29.3 Å². The Kier molecular flexibility index (Phi) is 9.43. The Morgan fingerprint density at radius 2 is 1.51 bits per heavy atom. The van der Waals surface area contributed by atoms with Crippen LogP contribution in [-0.2, 0) is 29.4 Å². The average molecular weight is 558 g/mol. The molecule has 1 rings (SSSR count). The summed E-state index contributed by atoms with van der Waals surface area (Å²) in [6.07, 6.45) is -16.9. The zero-order valence-electron chi connectivity index (χ0n) is 18.9. The average Bonchev–Trinajstić information content (AvgIpc) is 2.74. The first kappa shape index (κ1) is 31.7. The smallest absolute Gasteiger partial charge is 0.448 e. The number of aliphatic hydroxyl groups is 1. The van der Waals surface area contributed by atoms with Crippen LogP contribution in [0.25, 0.3) is 0 Å². The van der Waals surface area contributed by atoms with Gasteiger partial charge in [0, 0.05) is 11.3 Å². The molecule has 0 heterocycles. The Hall–Kier alpha value is -3.28. The number of nitrogens with one attached hydrogen (secondary N) is 2. The Balaban J connectivity index is 3.39. The molecule has 2 amide bonds. The van der Waals surface area contributed by atoms with Crippen LogP contribution in [0.2, 0.25) is 0 Å². The second-order valence-electron chi connectivity index (χ2n) is 7.11. The van der Waals surface area contributed by atoms with Crippen molar-refractivity contribution >= 4 is 23.7 Å². The lowest BCUT2D eigenvalue weighted by Crippen LogP contribution is -2.67. The van der Waals surface area contributed by atoms with Crippen molar-refractivity contribution in [2.75, 3.05) is 25.6 Å². The van der Waals surface area contributed by atoms with Crippen LogP contribution in [0.5, 0.6) is 0 Å². The largest absolute Gasteiger partial charge is 0.466 e. The van der Waals surface area contributed by atoms with Crippen molar-refractivity contribution in [3.63, 3.8) is 0 Å². The van der Waals surface area contributed by atoms with Crippen molar-refractivity contribution in [2.24, 2.45) is 0 Å². The maximum Gasteiger partial charge on any atom is 0.448 e. The summed E-state index contributed by atoms with van der Waals surface area (Å²) < 4.78 is 131. The minimum atomic E-state index is -5.98. The second kappa shape index (κ2) is 11.0. The monoisotopic (exact) mass is 558 g/mol. The van der Waals surface area contributed by atoms with Crippen LogP contribution >= 0.6 is 0 Å². The fraction of sp³-hybridized carbons (Fsp3) is 0.526. The molecule has 0 radical (unpaired) electrons. The quantitative estimate of drug-likeness (QED) is 0.254. The van der Waals surface area contributed by atoms with Gasteiger partial charge in [-0.3, -0.25) is 5.32 Å². The van der Waals surface area contributed by atoms with Gasteiger partial charge in [0.15, 0.2) is 0 Å². The number of anilines is 1. The molecular formula is C19H19F9N2O7. The van der Waals surface area contributed by atoms with Gasteiger partial charge in [-0.05, 0) is 25.5 Å². The van der Waals surface area contributed by atoms with E-state index in [9.17, 15) is 59.0 Å². The van der Waals surface area contributed by atoms with Crippen molar-refractivity contribution in [2.45, 2.75) is 43.7 Å². The lowest BCUT2D eigenvalue weighted by Gasteiger charge is -2.33. The maximum atomic E-state index is 13.7. The van der Waals surface area contributed by atoms with Gasteiger partial charge in [-0.15, -0.1) is 0 Å². The highest BCUT2D eigenvalue weighted by atomic mass is 19.4. The normalized spacial score (nSPS) is 15.7. The molecule has 1 aromatic rings. The number of carbonyl (C=O) groups is 3. The summed E-state index contributed by atoms with van der Waals surface area (Å²) >= 11 is 0. The number of halogens is 9. The summed E-state index contributed by atoms with van der Waals surface area (Å²) in [6, 6.07) is -0.361. The Morgan fingerprint density at radius 1 is 0.946 bits per heavy atom. The number of methoxy groups -OCH3 is 1. The van der Waals surface area contributed by atoms with Crippen LogP contribution < -0.4 is 10.6 Å². The lowest BCUT2D eigenvalue weighted by atomic mass is 9.91. The molecule has 18 heteroatoms. The SMILES string of the molecule is CCOC(=O)[C@@](NC(=O)Nc1ccc([C@@](O)(C(=O)OC)C(F)(F)F)cc1C)(OCC(F)(F)F)C(F)(F)F. The van der Waals surface area contributed by atoms with Crippen LogP contribution in [0, 0.1) is 6.92 Å².